The van der Waals surface area contributed by atoms with Gasteiger partial charge in [-0.05, 0) is 37.6 Å². The van der Waals surface area contributed by atoms with Gasteiger partial charge in [0.2, 0.25) is 0 Å². The topological polar surface area (TPSA) is 75.6 Å². The summed E-state index contributed by atoms with van der Waals surface area (Å²) in [7, 11) is 0. The van der Waals surface area contributed by atoms with Crippen LogP contribution in [0.2, 0.25) is 0 Å². The lowest BCUT2D eigenvalue weighted by molar-refractivity contribution is 0.0696. The van der Waals surface area contributed by atoms with Gasteiger partial charge in [0.25, 0.3) is 5.91 Å². The maximum atomic E-state index is 12.0. The first-order chi connectivity index (χ1) is 9.99. The molecule has 5 heteroatoms. The third-order valence-corrected chi connectivity index (χ3v) is 3.62. The highest BCUT2D eigenvalue weighted by molar-refractivity contribution is 5.95. The minimum atomic E-state index is -1.01. The van der Waals surface area contributed by atoms with Gasteiger partial charge in [0.1, 0.15) is 0 Å². The summed E-state index contributed by atoms with van der Waals surface area (Å²) in [6, 6.07) is 5.87. The standard InChI is InChI=1S/C16H19NO4/c1-10(2)14-13(7-8-21-14)9-17-15(18)11-3-5-12(6-4-11)16(19)20/h3-6,13-14H,1,7-9H2,2H3,(H,17,18)(H,19,20). The summed E-state index contributed by atoms with van der Waals surface area (Å²) in [6.45, 7) is 7.04. The van der Waals surface area contributed by atoms with Gasteiger partial charge in [-0.15, -0.1) is 0 Å². The quantitative estimate of drug-likeness (QED) is 0.814. The Morgan fingerprint density at radius 1 is 1.33 bits per heavy atom. The number of benzene rings is 1. The largest absolute Gasteiger partial charge is 0.478 e. The van der Waals surface area contributed by atoms with E-state index in [0.717, 1.165) is 12.0 Å². The number of carboxylic acid groups (broad SMARTS) is 1. The van der Waals surface area contributed by atoms with Crippen molar-refractivity contribution in [2.75, 3.05) is 13.2 Å². The van der Waals surface area contributed by atoms with E-state index in [1.165, 1.54) is 24.3 Å². The van der Waals surface area contributed by atoms with Crippen LogP contribution >= 0.6 is 0 Å². The van der Waals surface area contributed by atoms with E-state index < -0.39 is 5.97 Å². The molecule has 0 aromatic heterocycles. The summed E-state index contributed by atoms with van der Waals surface area (Å²) in [6.07, 6.45) is 0.898. The van der Waals surface area contributed by atoms with E-state index in [2.05, 4.69) is 11.9 Å². The van der Waals surface area contributed by atoms with E-state index >= 15 is 0 Å². The van der Waals surface area contributed by atoms with Crippen LogP contribution in [0.3, 0.4) is 0 Å². The molecule has 1 aromatic carbocycles. The summed E-state index contributed by atoms with van der Waals surface area (Å²) >= 11 is 0. The van der Waals surface area contributed by atoms with Gasteiger partial charge in [-0.1, -0.05) is 12.2 Å². The highest BCUT2D eigenvalue weighted by Crippen LogP contribution is 2.25. The summed E-state index contributed by atoms with van der Waals surface area (Å²) in [4.78, 5) is 22.8. The van der Waals surface area contributed by atoms with Crippen LogP contribution in [0, 0.1) is 5.92 Å². The molecule has 1 amide bonds. The van der Waals surface area contributed by atoms with Crippen LogP contribution in [0.15, 0.2) is 36.4 Å². The first-order valence-corrected chi connectivity index (χ1v) is 6.87. The predicted octanol–water partition coefficient (Wildman–Crippen LogP) is 2.10. The zero-order valence-electron chi connectivity index (χ0n) is 12.0. The van der Waals surface area contributed by atoms with Crippen molar-refractivity contribution in [2.45, 2.75) is 19.4 Å². The first-order valence-electron chi connectivity index (χ1n) is 6.87. The van der Waals surface area contributed by atoms with Crippen LogP contribution in [-0.4, -0.2) is 36.2 Å². The second-order valence-electron chi connectivity index (χ2n) is 5.28. The Balaban J connectivity index is 1.92. The van der Waals surface area contributed by atoms with Crippen molar-refractivity contribution in [2.24, 2.45) is 5.92 Å². The van der Waals surface area contributed by atoms with Gasteiger partial charge in [-0.2, -0.15) is 0 Å². The van der Waals surface area contributed by atoms with Crippen molar-refractivity contribution >= 4 is 11.9 Å². The van der Waals surface area contributed by atoms with Crippen molar-refractivity contribution in [1.82, 2.24) is 5.32 Å². The van der Waals surface area contributed by atoms with Gasteiger partial charge in [0, 0.05) is 24.6 Å². The summed E-state index contributed by atoms with van der Waals surface area (Å²) in [5.41, 5.74) is 1.58. The molecule has 1 saturated heterocycles. The Labute approximate surface area is 123 Å². The highest BCUT2D eigenvalue weighted by atomic mass is 16.5. The molecule has 2 atom stereocenters. The number of carboxylic acids is 1. The molecule has 0 bridgehead atoms. The number of hydrogen-bond acceptors (Lipinski definition) is 3. The fourth-order valence-corrected chi connectivity index (χ4v) is 2.48. The lowest BCUT2D eigenvalue weighted by atomic mass is 9.97. The number of ether oxygens (including phenoxy) is 1. The minimum absolute atomic E-state index is 0.000290. The molecular formula is C16H19NO4. The average molecular weight is 289 g/mol. The molecule has 1 aromatic rings. The van der Waals surface area contributed by atoms with Gasteiger partial charge < -0.3 is 15.2 Å². The number of carbonyl (C=O) groups excluding carboxylic acids is 1. The monoisotopic (exact) mass is 289 g/mol. The van der Waals surface area contributed by atoms with Crippen molar-refractivity contribution in [1.29, 1.82) is 0 Å². The van der Waals surface area contributed by atoms with Crippen LogP contribution in [0.25, 0.3) is 0 Å². The zero-order valence-corrected chi connectivity index (χ0v) is 12.0. The molecule has 2 N–H and O–H groups in total. The van der Waals surface area contributed by atoms with E-state index in [1.54, 1.807) is 0 Å². The molecule has 112 valence electrons. The van der Waals surface area contributed by atoms with Crippen molar-refractivity contribution in [3.63, 3.8) is 0 Å². The maximum absolute atomic E-state index is 12.0. The summed E-state index contributed by atoms with van der Waals surface area (Å²) in [5.74, 6) is -0.974. The second-order valence-corrected chi connectivity index (χ2v) is 5.28. The molecule has 1 heterocycles. The van der Waals surface area contributed by atoms with Gasteiger partial charge in [0.15, 0.2) is 0 Å². The Bertz CT molecular complexity index is 550. The van der Waals surface area contributed by atoms with Gasteiger partial charge in [-0.25, -0.2) is 4.79 Å². The number of rotatable bonds is 5. The van der Waals surface area contributed by atoms with E-state index in [-0.39, 0.29) is 23.5 Å². The van der Waals surface area contributed by atoms with Crippen molar-refractivity contribution < 1.29 is 19.4 Å². The first kappa shape index (κ1) is 15.3. The molecule has 1 aliphatic rings. The fraction of sp³-hybridized carbons (Fsp3) is 0.375. The molecule has 21 heavy (non-hydrogen) atoms. The predicted molar refractivity (Wildman–Crippen MR) is 78.4 cm³/mol. The number of amides is 1. The number of carbonyl (C=O) groups is 2. The van der Waals surface area contributed by atoms with Crippen molar-refractivity contribution in [3.05, 3.63) is 47.5 Å². The molecule has 0 aliphatic carbocycles. The third-order valence-electron chi connectivity index (χ3n) is 3.62. The lowest BCUT2D eigenvalue weighted by Gasteiger charge is -2.19. The second kappa shape index (κ2) is 6.54. The number of aromatic carboxylic acids is 1. The molecule has 2 rings (SSSR count). The van der Waals surface area contributed by atoms with E-state index in [4.69, 9.17) is 9.84 Å². The Hall–Kier alpha value is -2.14. The van der Waals surface area contributed by atoms with E-state index in [1.807, 2.05) is 6.92 Å². The Kier molecular flexibility index (Phi) is 4.75. The van der Waals surface area contributed by atoms with Crippen LogP contribution < -0.4 is 5.32 Å². The normalized spacial score (nSPS) is 21.0. The summed E-state index contributed by atoms with van der Waals surface area (Å²) in [5, 5.41) is 11.7. The van der Waals surface area contributed by atoms with Crippen molar-refractivity contribution in [3.8, 4) is 0 Å². The minimum Gasteiger partial charge on any atom is -0.478 e. The maximum Gasteiger partial charge on any atom is 0.335 e. The SMILES string of the molecule is C=C(C)C1OCCC1CNC(=O)c1ccc(C(=O)O)cc1. The highest BCUT2D eigenvalue weighted by Gasteiger charge is 2.28. The summed E-state index contributed by atoms with van der Waals surface area (Å²) < 4.78 is 5.59. The zero-order chi connectivity index (χ0) is 15.4. The number of nitrogens with one attached hydrogen (secondary N) is 1. The van der Waals surface area contributed by atoms with Gasteiger partial charge in [-0.3, -0.25) is 4.79 Å². The van der Waals surface area contributed by atoms with Crippen LogP contribution in [0.1, 0.15) is 34.1 Å². The Morgan fingerprint density at radius 3 is 2.52 bits per heavy atom. The van der Waals surface area contributed by atoms with E-state index in [9.17, 15) is 9.59 Å². The van der Waals surface area contributed by atoms with Gasteiger partial charge in [0.05, 0.1) is 11.7 Å². The average Bonchev–Trinajstić information content (AvgIpc) is 2.93. The third kappa shape index (κ3) is 3.70. The molecule has 0 spiro atoms. The van der Waals surface area contributed by atoms with Crippen LogP contribution in [-0.2, 0) is 4.74 Å². The van der Waals surface area contributed by atoms with Crippen LogP contribution in [0.5, 0.6) is 0 Å². The van der Waals surface area contributed by atoms with Crippen LogP contribution in [0.4, 0.5) is 0 Å². The molecule has 1 aliphatic heterocycles. The molecule has 2 unspecified atom stereocenters. The lowest BCUT2D eigenvalue weighted by Crippen LogP contribution is -2.33. The smallest absolute Gasteiger partial charge is 0.335 e. The number of hydrogen-bond donors (Lipinski definition) is 2. The molecule has 0 radical (unpaired) electrons. The Morgan fingerprint density at radius 2 is 1.95 bits per heavy atom. The van der Waals surface area contributed by atoms with E-state index in [0.29, 0.717) is 18.7 Å². The molecular weight excluding hydrogens is 270 g/mol. The fourth-order valence-electron chi connectivity index (χ4n) is 2.48. The van der Waals surface area contributed by atoms with Gasteiger partial charge >= 0.3 is 5.97 Å². The molecule has 1 fully saturated rings. The molecule has 5 nitrogen and oxygen atoms in total. The molecule has 0 saturated carbocycles.